The molecule has 0 radical (unpaired) electrons. The van der Waals surface area contributed by atoms with Crippen LogP contribution in [0.1, 0.15) is 24.1 Å². The lowest BCUT2D eigenvalue weighted by atomic mass is 10.1. The fourth-order valence-corrected chi connectivity index (χ4v) is 3.83. The summed E-state index contributed by atoms with van der Waals surface area (Å²) in [6.07, 6.45) is 10.3. The molecule has 3 heterocycles. The molecule has 5 nitrogen and oxygen atoms in total. The van der Waals surface area contributed by atoms with Crippen LogP contribution in [0.3, 0.4) is 0 Å². The smallest absolute Gasteiger partial charge is 0.0638 e. The standard InChI is InChI=1S/C18H29N5/c1-4-7-20(3)13-17-14-23(19-16(17)2)12-10-21-9-11-22-8-5-6-18(22)15-21/h1,14,18H,5-13,15H2,2-3H3/t18-/m0/s1. The van der Waals surface area contributed by atoms with Crippen molar-refractivity contribution in [3.05, 3.63) is 17.5 Å². The van der Waals surface area contributed by atoms with E-state index in [-0.39, 0.29) is 0 Å². The highest BCUT2D eigenvalue weighted by atomic mass is 15.3. The van der Waals surface area contributed by atoms with Crippen molar-refractivity contribution in [2.45, 2.75) is 38.9 Å². The van der Waals surface area contributed by atoms with Gasteiger partial charge in [0.25, 0.3) is 0 Å². The number of aromatic nitrogens is 2. The van der Waals surface area contributed by atoms with E-state index in [0.717, 1.165) is 31.4 Å². The van der Waals surface area contributed by atoms with Gasteiger partial charge in [-0.25, -0.2) is 0 Å². The Morgan fingerprint density at radius 3 is 3.04 bits per heavy atom. The zero-order valence-corrected chi connectivity index (χ0v) is 14.5. The van der Waals surface area contributed by atoms with Crippen LogP contribution >= 0.6 is 0 Å². The van der Waals surface area contributed by atoms with E-state index >= 15 is 0 Å². The average Bonchev–Trinajstić information content (AvgIpc) is 3.12. The van der Waals surface area contributed by atoms with Crippen molar-refractivity contribution >= 4 is 0 Å². The first-order valence-electron chi connectivity index (χ1n) is 8.77. The fourth-order valence-electron chi connectivity index (χ4n) is 3.83. The van der Waals surface area contributed by atoms with Crippen LogP contribution in [0, 0.1) is 19.3 Å². The number of fused-ring (bicyclic) bond motifs is 1. The molecule has 2 fully saturated rings. The lowest BCUT2D eigenvalue weighted by molar-refractivity contribution is 0.101. The highest BCUT2D eigenvalue weighted by molar-refractivity contribution is 5.15. The second-order valence-corrected chi connectivity index (χ2v) is 7.01. The van der Waals surface area contributed by atoms with Crippen molar-refractivity contribution < 1.29 is 0 Å². The number of rotatable bonds is 6. The number of hydrogen-bond acceptors (Lipinski definition) is 4. The molecule has 2 aliphatic heterocycles. The van der Waals surface area contributed by atoms with Crippen LogP contribution in [-0.2, 0) is 13.1 Å². The Kier molecular flexibility index (Phi) is 5.37. The molecule has 0 aliphatic carbocycles. The van der Waals surface area contributed by atoms with Gasteiger partial charge in [0.15, 0.2) is 0 Å². The van der Waals surface area contributed by atoms with E-state index < -0.39 is 0 Å². The molecule has 0 saturated carbocycles. The van der Waals surface area contributed by atoms with E-state index in [1.165, 1.54) is 44.6 Å². The summed E-state index contributed by atoms with van der Waals surface area (Å²) < 4.78 is 2.11. The number of aryl methyl sites for hydroxylation is 1. The van der Waals surface area contributed by atoms with Crippen molar-refractivity contribution in [3.63, 3.8) is 0 Å². The maximum Gasteiger partial charge on any atom is 0.0638 e. The van der Waals surface area contributed by atoms with Gasteiger partial charge in [-0.3, -0.25) is 19.4 Å². The monoisotopic (exact) mass is 315 g/mol. The maximum absolute atomic E-state index is 5.37. The highest BCUT2D eigenvalue weighted by Crippen LogP contribution is 2.21. The Balaban J connectivity index is 1.49. The van der Waals surface area contributed by atoms with Gasteiger partial charge in [-0.1, -0.05) is 5.92 Å². The average molecular weight is 315 g/mol. The number of hydrogen-bond donors (Lipinski definition) is 0. The van der Waals surface area contributed by atoms with E-state index in [2.05, 4.69) is 50.6 Å². The summed E-state index contributed by atoms with van der Waals surface area (Å²) in [5, 5.41) is 4.68. The molecule has 1 atom stereocenters. The summed E-state index contributed by atoms with van der Waals surface area (Å²) in [4.78, 5) is 7.41. The summed E-state index contributed by atoms with van der Waals surface area (Å²) in [6, 6.07) is 0.802. The minimum Gasteiger partial charge on any atom is -0.299 e. The molecule has 2 aliphatic rings. The Morgan fingerprint density at radius 2 is 2.22 bits per heavy atom. The van der Waals surface area contributed by atoms with E-state index in [0.29, 0.717) is 6.54 Å². The van der Waals surface area contributed by atoms with E-state index in [1.54, 1.807) is 0 Å². The molecule has 0 N–H and O–H groups in total. The Labute approximate surface area is 140 Å². The second-order valence-electron chi connectivity index (χ2n) is 7.01. The van der Waals surface area contributed by atoms with Crippen LogP contribution in [0.25, 0.3) is 0 Å². The van der Waals surface area contributed by atoms with Gasteiger partial charge in [0.1, 0.15) is 0 Å². The van der Waals surface area contributed by atoms with Gasteiger partial charge in [0.2, 0.25) is 0 Å². The third-order valence-corrected chi connectivity index (χ3v) is 5.17. The normalized spacial score (nSPS) is 22.4. The van der Waals surface area contributed by atoms with Crippen LogP contribution < -0.4 is 0 Å². The Morgan fingerprint density at radius 1 is 1.35 bits per heavy atom. The van der Waals surface area contributed by atoms with Gasteiger partial charge in [-0.2, -0.15) is 5.10 Å². The predicted octanol–water partition coefficient (Wildman–Crippen LogP) is 1.04. The molecule has 0 unspecified atom stereocenters. The van der Waals surface area contributed by atoms with Crippen LogP contribution in [-0.4, -0.2) is 76.8 Å². The van der Waals surface area contributed by atoms with Crippen molar-refractivity contribution in [2.24, 2.45) is 0 Å². The van der Waals surface area contributed by atoms with Crippen LogP contribution in [0.15, 0.2) is 6.20 Å². The predicted molar refractivity (Wildman–Crippen MR) is 93.2 cm³/mol. The number of nitrogens with zero attached hydrogens (tertiary/aromatic N) is 5. The molecule has 23 heavy (non-hydrogen) atoms. The topological polar surface area (TPSA) is 27.5 Å². The van der Waals surface area contributed by atoms with Crippen molar-refractivity contribution in [1.29, 1.82) is 0 Å². The summed E-state index contributed by atoms with van der Waals surface area (Å²) in [7, 11) is 2.05. The van der Waals surface area contributed by atoms with Crippen LogP contribution in [0.4, 0.5) is 0 Å². The third kappa shape index (κ3) is 4.14. The van der Waals surface area contributed by atoms with E-state index in [4.69, 9.17) is 6.42 Å². The second kappa shape index (κ2) is 7.48. The molecule has 5 heteroatoms. The lowest BCUT2D eigenvalue weighted by Gasteiger charge is -2.37. The third-order valence-electron chi connectivity index (χ3n) is 5.17. The molecule has 0 bridgehead atoms. The molecule has 0 spiro atoms. The molecule has 0 aromatic carbocycles. The highest BCUT2D eigenvalue weighted by Gasteiger charge is 2.30. The summed E-state index contributed by atoms with van der Waals surface area (Å²) in [5.41, 5.74) is 2.40. The SMILES string of the molecule is C#CCN(C)Cc1cn(CCN2CCN3CCC[C@H]3C2)nc1C. The maximum atomic E-state index is 5.37. The largest absolute Gasteiger partial charge is 0.299 e. The minimum absolute atomic E-state index is 0.677. The molecular formula is C18H29N5. The first kappa shape index (κ1) is 16.5. The van der Waals surface area contributed by atoms with Gasteiger partial charge in [0, 0.05) is 50.5 Å². The summed E-state index contributed by atoms with van der Waals surface area (Å²) >= 11 is 0. The number of piperazine rings is 1. The lowest BCUT2D eigenvalue weighted by Crippen LogP contribution is -2.50. The van der Waals surface area contributed by atoms with Gasteiger partial charge >= 0.3 is 0 Å². The quantitative estimate of drug-likeness (QED) is 0.733. The van der Waals surface area contributed by atoms with E-state index in [1.807, 2.05) is 0 Å². The first-order valence-corrected chi connectivity index (χ1v) is 8.77. The number of terminal acetylenes is 1. The molecule has 2 saturated heterocycles. The van der Waals surface area contributed by atoms with Crippen LogP contribution in [0.5, 0.6) is 0 Å². The molecule has 1 aromatic rings. The minimum atomic E-state index is 0.677. The zero-order chi connectivity index (χ0) is 16.2. The summed E-state index contributed by atoms with van der Waals surface area (Å²) in [5.74, 6) is 2.69. The molecule has 126 valence electrons. The molecule has 3 rings (SSSR count). The summed E-state index contributed by atoms with van der Waals surface area (Å²) in [6.45, 7) is 10.7. The Bertz CT molecular complexity index is 558. The van der Waals surface area contributed by atoms with Gasteiger partial charge < -0.3 is 0 Å². The van der Waals surface area contributed by atoms with Crippen molar-refractivity contribution in [2.75, 3.05) is 46.3 Å². The van der Waals surface area contributed by atoms with Crippen molar-refractivity contribution in [3.8, 4) is 12.3 Å². The first-order chi connectivity index (χ1) is 11.2. The fraction of sp³-hybridized carbons (Fsp3) is 0.722. The molecule has 1 aromatic heterocycles. The Hall–Kier alpha value is -1.35. The zero-order valence-electron chi connectivity index (χ0n) is 14.5. The van der Waals surface area contributed by atoms with Crippen LogP contribution in [0.2, 0.25) is 0 Å². The van der Waals surface area contributed by atoms with E-state index in [9.17, 15) is 0 Å². The van der Waals surface area contributed by atoms with Gasteiger partial charge in [-0.15, -0.1) is 6.42 Å². The van der Waals surface area contributed by atoms with Crippen molar-refractivity contribution in [1.82, 2.24) is 24.5 Å². The van der Waals surface area contributed by atoms with Gasteiger partial charge in [-0.05, 0) is 33.4 Å². The molecule has 0 amide bonds. The van der Waals surface area contributed by atoms with Gasteiger partial charge in [0.05, 0.1) is 18.8 Å². The molecular weight excluding hydrogens is 286 g/mol.